The molecule has 8 nitrogen and oxygen atoms in total. The summed E-state index contributed by atoms with van der Waals surface area (Å²) < 4.78 is 10.0. The quantitative estimate of drug-likeness (QED) is 0.790. The van der Waals surface area contributed by atoms with Crippen molar-refractivity contribution in [3.05, 3.63) is 23.9 Å². The van der Waals surface area contributed by atoms with Crippen molar-refractivity contribution < 1.29 is 29.0 Å². The number of carboxylic acids is 1. The molecular weight excluding hydrogens is 316 g/mol. The van der Waals surface area contributed by atoms with Gasteiger partial charge in [0.25, 0.3) is 5.91 Å². The molecule has 1 amide bonds. The summed E-state index contributed by atoms with van der Waals surface area (Å²) in [4.78, 5) is 41.0. The number of carboxylic acid groups (broad SMARTS) is 1. The lowest BCUT2D eigenvalue weighted by molar-refractivity contribution is -0.177. The van der Waals surface area contributed by atoms with Crippen LogP contribution in [-0.2, 0) is 23.9 Å². The number of ether oxygens (including phenoxy) is 2. The Hall–Kier alpha value is -2.48. The summed E-state index contributed by atoms with van der Waals surface area (Å²) in [6, 6.07) is 5.45. The van der Waals surface area contributed by atoms with Crippen LogP contribution in [-0.4, -0.2) is 53.3 Å². The number of aliphatic carboxylic acids is 1. The Balaban J connectivity index is 1.82. The van der Waals surface area contributed by atoms with E-state index in [4.69, 9.17) is 9.47 Å². The van der Waals surface area contributed by atoms with Gasteiger partial charge in [-0.2, -0.15) is 0 Å². The minimum atomic E-state index is -1.68. The van der Waals surface area contributed by atoms with E-state index in [0.29, 0.717) is 11.7 Å². The Morgan fingerprint density at radius 1 is 1.42 bits per heavy atom. The van der Waals surface area contributed by atoms with Crippen LogP contribution in [0.25, 0.3) is 0 Å². The van der Waals surface area contributed by atoms with Crippen molar-refractivity contribution in [1.29, 1.82) is 0 Å². The maximum atomic E-state index is 12.7. The van der Waals surface area contributed by atoms with E-state index in [9.17, 15) is 19.5 Å². The molecule has 1 unspecified atom stereocenters. The lowest BCUT2D eigenvalue weighted by Gasteiger charge is -2.33. The third kappa shape index (κ3) is 3.38. The SMILES string of the molecule is CC(=O)OC(C(=O)O)[C@H]1OCCN(c2cccc(C3CC3)n2)C1=O. The summed E-state index contributed by atoms with van der Waals surface area (Å²) in [5.74, 6) is -1.89. The number of carbonyl (C=O) groups excluding carboxylic acids is 2. The maximum absolute atomic E-state index is 12.7. The molecule has 2 atom stereocenters. The van der Waals surface area contributed by atoms with E-state index in [1.54, 1.807) is 6.07 Å². The average molecular weight is 334 g/mol. The molecule has 0 radical (unpaired) electrons. The first kappa shape index (κ1) is 16.4. The number of hydrogen-bond donors (Lipinski definition) is 1. The van der Waals surface area contributed by atoms with Gasteiger partial charge in [0.2, 0.25) is 6.10 Å². The summed E-state index contributed by atoms with van der Waals surface area (Å²) in [5, 5.41) is 9.23. The number of morpholine rings is 1. The molecule has 1 aromatic heterocycles. The van der Waals surface area contributed by atoms with Gasteiger partial charge in [0, 0.05) is 18.5 Å². The van der Waals surface area contributed by atoms with E-state index in [-0.39, 0.29) is 13.2 Å². The molecule has 1 N–H and O–H groups in total. The highest BCUT2D eigenvalue weighted by atomic mass is 16.6. The normalized spacial score (nSPS) is 22.1. The number of anilines is 1. The topological polar surface area (TPSA) is 106 Å². The monoisotopic (exact) mass is 334 g/mol. The number of esters is 1. The highest BCUT2D eigenvalue weighted by molar-refractivity contribution is 5.99. The third-order valence-corrected chi connectivity index (χ3v) is 3.96. The molecule has 3 rings (SSSR count). The summed E-state index contributed by atoms with van der Waals surface area (Å²) in [5.41, 5.74) is 0.929. The van der Waals surface area contributed by atoms with Gasteiger partial charge in [-0.25, -0.2) is 9.78 Å². The molecule has 0 aromatic carbocycles. The Morgan fingerprint density at radius 2 is 2.17 bits per heavy atom. The van der Waals surface area contributed by atoms with E-state index in [0.717, 1.165) is 25.5 Å². The summed E-state index contributed by atoms with van der Waals surface area (Å²) in [6.45, 7) is 1.49. The van der Waals surface area contributed by atoms with Crippen molar-refractivity contribution in [3.63, 3.8) is 0 Å². The molecule has 2 aliphatic rings. The van der Waals surface area contributed by atoms with Crippen LogP contribution < -0.4 is 4.90 Å². The number of pyridine rings is 1. The highest BCUT2D eigenvalue weighted by Gasteiger charge is 2.43. The number of carbonyl (C=O) groups is 3. The molecule has 128 valence electrons. The minimum absolute atomic E-state index is 0.136. The predicted molar refractivity (Wildman–Crippen MR) is 81.5 cm³/mol. The van der Waals surface area contributed by atoms with Gasteiger partial charge < -0.3 is 14.6 Å². The van der Waals surface area contributed by atoms with Crippen LogP contribution in [0.5, 0.6) is 0 Å². The van der Waals surface area contributed by atoms with E-state index in [1.165, 1.54) is 4.90 Å². The zero-order valence-corrected chi connectivity index (χ0v) is 13.2. The number of rotatable bonds is 5. The Kier molecular flexibility index (Phi) is 4.48. The van der Waals surface area contributed by atoms with Crippen molar-refractivity contribution in [1.82, 2.24) is 4.98 Å². The van der Waals surface area contributed by atoms with Gasteiger partial charge in [0.15, 0.2) is 6.10 Å². The lowest BCUT2D eigenvalue weighted by Crippen LogP contribution is -2.55. The molecule has 1 aliphatic carbocycles. The van der Waals surface area contributed by atoms with Crippen LogP contribution in [0, 0.1) is 0 Å². The Morgan fingerprint density at radius 3 is 2.79 bits per heavy atom. The molecule has 0 bridgehead atoms. The van der Waals surface area contributed by atoms with E-state index < -0.39 is 30.1 Å². The zero-order valence-electron chi connectivity index (χ0n) is 13.2. The molecule has 1 aromatic rings. The largest absolute Gasteiger partial charge is 0.478 e. The summed E-state index contributed by atoms with van der Waals surface area (Å²) >= 11 is 0. The minimum Gasteiger partial charge on any atom is -0.478 e. The van der Waals surface area contributed by atoms with Gasteiger partial charge in [-0.05, 0) is 25.0 Å². The number of aromatic nitrogens is 1. The molecule has 0 spiro atoms. The van der Waals surface area contributed by atoms with Crippen LogP contribution in [0.3, 0.4) is 0 Å². The first-order chi connectivity index (χ1) is 11.5. The van der Waals surface area contributed by atoms with Crippen molar-refractivity contribution in [3.8, 4) is 0 Å². The van der Waals surface area contributed by atoms with Crippen LogP contribution in [0.4, 0.5) is 5.82 Å². The molecule has 1 saturated carbocycles. The van der Waals surface area contributed by atoms with Crippen LogP contribution in [0.1, 0.15) is 31.4 Å². The zero-order chi connectivity index (χ0) is 17.3. The van der Waals surface area contributed by atoms with Gasteiger partial charge in [0.05, 0.1) is 13.2 Å². The first-order valence-corrected chi connectivity index (χ1v) is 7.77. The molecule has 8 heteroatoms. The molecule has 1 saturated heterocycles. The van der Waals surface area contributed by atoms with Gasteiger partial charge in [-0.3, -0.25) is 14.5 Å². The average Bonchev–Trinajstić information content (AvgIpc) is 3.38. The number of amides is 1. The fourth-order valence-electron chi connectivity index (χ4n) is 2.67. The molecule has 2 heterocycles. The molecule has 1 aliphatic heterocycles. The summed E-state index contributed by atoms with van der Waals surface area (Å²) in [6.07, 6.45) is -0.885. The second-order valence-corrected chi connectivity index (χ2v) is 5.84. The fraction of sp³-hybridized carbons (Fsp3) is 0.500. The van der Waals surface area contributed by atoms with E-state index >= 15 is 0 Å². The van der Waals surface area contributed by atoms with Crippen LogP contribution in [0.15, 0.2) is 18.2 Å². The van der Waals surface area contributed by atoms with Crippen molar-refractivity contribution in [2.75, 3.05) is 18.1 Å². The predicted octanol–water partition coefficient (Wildman–Crippen LogP) is 0.707. The second-order valence-electron chi connectivity index (χ2n) is 5.84. The van der Waals surface area contributed by atoms with Gasteiger partial charge in [-0.15, -0.1) is 0 Å². The number of hydrogen-bond acceptors (Lipinski definition) is 6. The van der Waals surface area contributed by atoms with Crippen molar-refractivity contribution >= 4 is 23.7 Å². The van der Waals surface area contributed by atoms with Gasteiger partial charge in [0.1, 0.15) is 5.82 Å². The van der Waals surface area contributed by atoms with Crippen LogP contribution >= 0.6 is 0 Å². The second kappa shape index (κ2) is 6.56. The Labute approximate surface area is 138 Å². The van der Waals surface area contributed by atoms with Gasteiger partial charge in [-0.1, -0.05) is 6.07 Å². The maximum Gasteiger partial charge on any atom is 0.348 e. The van der Waals surface area contributed by atoms with E-state index in [2.05, 4.69) is 4.98 Å². The third-order valence-electron chi connectivity index (χ3n) is 3.96. The Bertz CT molecular complexity index is 672. The fourth-order valence-corrected chi connectivity index (χ4v) is 2.67. The smallest absolute Gasteiger partial charge is 0.348 e. The molecule has 2 fully saturated rings. The lowest BCUT2D eigenvalue weighted by atomic mass is 10.1. The first-order valence-electron chi connectivity index (χ1n) is 7.77. The number of nitrogens with zero attached hydrogens (tertiary/aromatic N) is 2. The molecule has 24 heavy (non-hydrogen) atoms. The summed E-state index contributed by atoms with van der Waals surface area (Å²) in [7, 11) is 0. The van der Waals surface area contributed by atoms with Crippen molar-refractivity contribution in [2.45, 2.75) is 37.9 Å². The highest BCUT2D eigenvalue weighted by Crippen LogP contribution is 2.39. The van der Waals surface area contributed by atoms with Gasteiger partial charge >= 0.3 is 11.9 Å². The standard InChI is InChI=1S/C16H18N2O6/c1-9(19)24-14(16(21)22)13-15(20)18(7-8-23-13)12-4-2-3-11(17-12)10-5-6-10/h2-4,10,13-14H,5-8H2,1H3,(H,21,22)/t13-,14?/m1/s1. The molecular formula is C16H18N2O6. The van der Waals surface area contributed by atoms with Crippen LogP contribution in [0.2, 0.25) is 0 Å². The van der Waals surface area contributed by atoms with Crippen molar-refractivity contribution in [2.24, 2.45) is 0 Å². The van der Waals surface area contributed by atoms with E-state index in [1.807, 2.05) is 12.1 Å².